The number of benzene rings is 12. The van der Waals surface area contributed by atoms with Gasteiger partial charge in [-0.05, 0) is 266 Å². The Hall–Kier alpha value is -12.8. The Morgan fingerprint density at radius 1 is 0.258 bits per heavy atom. The summed E-state index contributed by atoms with van der Waals surface area (Å²) in [6.45, 7) is 22.3. The van der Waals surface area contributed by atoms with E-state index in [0.717, 1.165) is 125 Å². The average Bonchev–Trinajstić information content (AvgIpc) is 0.707. The third kappa shape index (κ3) is 16.4. The minimum absolute atomic E-state index is 0.137. The van der Waals surface area contributed by atoms with Crippen LogP contribution in [0.4, 0.5) is 0 Å². The zero-order chi connectivity index (χ0) is 100. The molecule has 16 aromatic rings. The van der Waals surface area contributed by atoms with Gasteiger partial charge in [0.15, 0.2) is 24.8 Å². The van der Waals surface area contributed by atoms with E-state index in [0.29, 0.717) is 45.9 Å². The Morgan fingerprint density at radius 2 is 0.539 bits per heavy atom. The van der Waals surface area contributed by atoms with Crippen LogP contribution in [-0.2, 0) is 51.9 Å². The van der Waals surface area contributed by atoms with E-state index in [4.69, 9.17) is 16.4 Å². The fraction of sp³-hybridized carbons (Fsp3) is 0.258. The molecule has 128 heavy (non-hydrogen) atoms. The number of fused-ring (bicyclic) bond motifs is 8. The van der Waals surface area contributed by atoms with Gasteiger partial charge in [-0.25, -0.2) is 18.3 Å². The van der Waals surface area contributed by atoms with Crippen molar-refractivity contribution in [2.45, 2.75) is 172 Å². The van der Waals surface area contributed by atoms with Gasteiger partial charge in [-0.3, -0.25) is 0 Å². The summed E-state index contributed by atoms with van der Waals surface area (Å²) in [5, 5.41) is 0. The smallest absolute Gasteiger partial charge is 0.201 e. The van der Waals surface area contributed by atoms with Crippen molar-refractivity contribution in [3.8, 4) is 89.5 Å². The summed E-state index contributed by atoms with van der Waals surface area (Å²) in [7, 11) is 7.71. The largest absolute Gasteiger partial charge is 0.213 e. The fourth-order valence-electron chi connectivity index (χ4n) is 21.4. The van der Waals surface area contributed by atoms with Crippen molar-refractivity contribution < 1.29 is 34.7 Å². The van der Waals surface area contributed by atoms with Crippen molar-refractivity contribution in [2.75, 3.05) is 0 Å². The van der Waals surface area contributed by atoms with E-state index in [1.165, 1.54) is 89.0 Å². The predicted octanol–water partition coefficient (Wildman–Crippen LogP) is 28.8. The van der Waals surface area contributed by atoms with Gasteiger partial charge in [0.1, 0.15) is 28.2 Å². The van der Waals surface area contributed by atoms with Crippen LogP contribution in [0.2, 0.25) is 0 Å². The first-order chi connectivity index (χ1) is 66.3. The summed E-state index contributed by atoms with van der Waals surface area (Å²) in [6, 6.07) is 102. The molecule has 0 saturated carbocycles. The van der Waals surface area contributed by atoms with Gasteiger partial charge < -0.3 is 0 Å². The van der Waals surface area contributed by atoms with Crippen LogP contribution in [-0.4, -0.2) is 0 Å². The van der Waals surface area contributed by atoms with E-state index in [-0.39, 0.29) is 22.7 Å². The first-order valence-corrected chi connectivity index (χ1v) is 45.6. The van der Waals surface area contributed by atoms with Crippen LogP contribution in [0.3, 0.4) is 0 Å². The predicted molar refractivity (Wildman–Crippen MR) is 536 cm³/mol. The quantitative estimate of drug-likeness (QED) is 0.121. The molecule has 4 aliphatic carbocycles. The third-order valence-electron chi connectivity index (χ3n) is 28.5. The Bertz CT molecular complexity index is 7480. The van der Waals surface area contributed by atoms with Gasteiger partial charge >= 0.3 is 0 Å². The van der Waals surface area contributed by atoms with Crippen molar-refractivity contribution in [1.82, 2.24) is 0 Å². The summed E-state index contributed by atoms with van der Waals surface area (Å²) in [5.41, 5.74) is 42.7. The van der Waals surface area contributed by atoms with Crippen molar-refractivity contribution in [2.24, 2.45) is 40.0 Å². The standard InChI is InChI=1S/C34H38N.C32H34N.C30H30N.C28H26N/c1-21(2)33-27-14-10-11-15-28(27)34(22(3)4)31-18-25(16-17-29(31)33)30-19-32(35(7)20-24(30)6)26-13-9-8-12-23(26)5;1-21-12-8-9-13-24(21)30-19-25(22(2)20-33(30)7)23-16-17-28-29(18-23)32(5,6)27-15-11-10-14-26(27)31(28,3)4;1-19-10-6-7-11-24(19)30-17-28(20(2)18-31(30)5)23-14-15-27-21(3)25-12-8-9-13-26(25)22(4)29(27)16-23;1-19-8-4-7-11-26(19)28-17-27(20(2)18-29(28)3)24-13-12-23-14-21-9-5-6-10-22(21)15-25(23)16-24/h8-22,33-34H,1-7H3;8-20H,1-7H3;6-18,21-22H,1-5H3;4-13,16-18H,14-15H2,1-3H3/q4*+1/i6D3;3*2D3. The number of nitrogens with zero attached hydrogens (tertiary/aromatic N) is 4. The fourth-order valence-corrected chi connectivity index (χ4v) is 21.4. The number of aryl methyl sites for hydroxylation is 12. The molecule has 0 amide bonds. The van der Waals surface area contributed by atoms with E-state index >= 15 is 0 Å². The molecule has 4 aromatic heterocycles. The molecule has 4 unspecified atom stereocenters. The molecule has 4 nitrogen and oxygen atoms in total. The van der Waals surface area contributed by atoms with Crippen LogP contribution >= 0.6 is 0 Å². The SMILES string of the molecule is [2H]C([2H])([2H])c1c[n+](C)c(-c2ccccc2C)cc1-c1ccc2c(c1)C(C(C)C)c1ccccc1C2C(C)C.[2H]C([2H])([2H])c1c[n+](C)c(-c2ccccc2C)cc1-c1ccc2c(c1)C(C)(C)c1ccccc1C2(C)C.[2H]C([2H])([2H])c1c[n+](C)c(-c2ccccc2C)cc1-c1ccc2c(c1)C(C)c1ccccc1C2C.[2H]C([2H])([2H])c1c[n+](C)c(-c2ccccc2C)cc1-c1ccc2c(c1)Cc1ccccc1C2. The molecule has 0 aliphatic heterocycles. The lowest BCUT2D eigenvalue weighted by Gasteiger charge is -2.44. The summed E-state index contributed by atoms with van der Waals surface area (Å²) in [5.74, 6) is 2.03. The molecule has 640 valence electrons. The lowest BCUT2D eigenvalue weighted by Crippen LogP contribution is -2.36. The Balaban J connectivity index is 0.000000129. The zero-order valence-electron chi connectivity index (χ0n) is 89.7. The van der Waals surface area contributed by atoms with Crippen molar-refractivity contribution in [3.63, 3.8) is 0 Å². The monoisotopic (exact) mass is 1690 g/mol. The number of aromatic nitrogens is 4. The maximum Gasteiger partial charge on any atom is 0.213 e. The van der Waals surface area contributed by atoms with Gasteiger partial charge in [-0.1, -0.05) is 306 Å². The molecular weight excluding hydrogens is 1550 g/mol. The highest BCUT2D eigenvalue weighted by atomic mass is 14.9. The van der Waals surface area contributed by atoms with Gasteiger partial charge in [0.05, 0.1) is 0 Å². The molecular formula is C124H128N4+4. The maximum atomic E-state index is 8.38. The molecule has 0 bridgehead atoms. The summed E-state index contributed by atoms with van der Waals surface area (Å²) >= 11 is 0. The van der Waals surface area contributed by atoms with Gasteiger partial charge in [0.25, 0.3) is 0 Å². The van der Waals surface area contributed by atoms with Crippen LogP contribution in [0, 0.1) is 66.9 Å². The molecule has 4 heteroatoms. The Labute approximate surface area is 781 Å². The number of hydrogen-bond acceptors (Lipinski definition) is 0. The lowest BCUT2D eigenvalue weighted by atomic mass is 9.60. The molecule has 4 atom stereocenters. The zero-order valence-corrected chi connectivity index (χ0v) is 77.7. The number of hydrogen-bond donors (Lipinski definition) is 0. The first-order valence-electron chi connectivity index (χ1n) is 51.6. The van der Waals surface area contributed by atoms with E-state index in [2.05, 4.69) is 334 Å². The normalized spacial score (nSPS) is 17.4. The molecule has 12 aromatic carbocycles. The second-order valence-electron chi connectivity index (χ2n) is 38.1. The number of pyridine rings is 4. The molecule has 0 fully saturated rings. The third-order valence-corrected chi connectivity index (χ3v) is 28.5. The highest BCUT2D eigenvalue weighted by Gasteiger charge is 2.42. The molecule has 4 heterocycles. The van der Waals surface area contributed by atoms with Crippen LogP contribution in [0.15, 0.2) is 316 Å². The van der Waals surface area contributed by atoms with E-state index < -0.39 is 27.4 Å². The summed E-state index contributed by atoms with van der Waals surface area (Å²) < 4.78 is 107. The van der Waals surface area contributed by atoms with Crippen molar-refractivity contribution in [1.29, 1.82) is 0 Å². The second kappa shape index (κ2) is 35.5. The van der Waals surface area contributed by atoms with Gasteiger partial charge in [-0.2, -0.15) is 0 Å². The van der Waals surface area contributed by atoms with Crippen molar-refractivity contribution in [3.05, 3.63) is 449 Å². The van der Waals surface area contributed by atoms with E-state index in [9.17, 15) is 0 Å². The minimum atomic E-state index is -2.23. The van der Waals surface area contributed by atoms with Crippen molar-refractivity contribution >= 4 is 0 Å². The van der Waals surface area contributed by atoms with Gasteiger partial charge in [0, 0.05) is 120 Å². The first kappa shape index (κ1) is 73.3. The maximum absolute atomic E-state index is 8.38. The molecule has 0 N–H and O–H groups in total. The molecule has 0 spiro atoms. The topological polar surface area (TPSA) is 15.5 Å². The van der Waals surface area contributed by atoms with Crippen LogP contribution in [0.25, 0.3) is 89.5 Å². The van der Waals surface area contributed by atoms with Crippen LogP contribution < -0.4 is 18.3 Å². The van der Waals surface area contributed by atoms with E-state index in [1.807, 2.05) is 101 Å². The van der Waals surface area contributed by atoms with Gasteiger partial charge in [0.2, 0.25) is 22.8 Å². The molecule has 0 saturated heterocycles. The highest BCUT2D eigenvalue weighted by Crippen LogP contribution is 2.53. The average molecular weight is 1690 g/mol. The Morgan fingerprint density at radius 3 is 0.945 bits per heavy atom. The number of rotatable bonds is 10. The second-order valence-corrected chi connectivity index (χ2v) is 38.1. The van der Waals surface area contributed by atoms with E-state index in [1.54, 1.807) is 24.8 Å². The Kier molecular flexibility index (Phi) is 20.3. The minimum Gasteiger partial charge on any atom is -0.201 e. The molecule has 0 radical (unpaired) electrons. The molecule has 4 aliphatic rings. The van der Waals surface area contributed by atoms with Gasteiger partial charge in [-0.15, -0.1) is 0 Å². The van der Waals surface area contributed by atoms with Crippen LogP contribution in [0.1, 0.15) is 243 Å². The summed E-state index contributed by atoms with van der Waals surface area (Å²) in [4.78, 5) is 0. The lowest BCUT2D eigenvalue weighted by molar-refractivity contribution is -0.660. The molecule has 20 rings (SSSR count). The van der Waals surface area contributed by atoms with Crippen LogP contribution in [0.5, 0.6) is 0 Å². The summed E-state index contributed by atoms with van der Waals surface area (Å²) in [6.07, 6.45) is 8.96. The highest BCUT2D eigenvalue weighted by molar-refractivity contribution is 5.80.